The van der Waals surface area contributed by atoms with E-state index in [4.69, 9.17) is 156 Å². The van der Waals surface area contributed by atoms with Crippen molar-refractivity contribution in [3.63, 3.8) is 0 Å². The van der Waals surface area contributed by atoms with Crippen LogP contribution in [0, 0.1) is 0 Å². The van der Waals surface area contributed by atoms with E-state index in [1.165, 1.54) is 64.2 Å². The van der Waals surface area contributed by atoms with Crippen LogP contribution in [-0.2, 0) is 153 Å². The fourth-order valence-electron chi connectivity index (χ4n) is 5.65. The largest absolute Gasteiger partial charge is 2.00 e. The molecule has 450 valence electrons. The average Bonchev–Trinajstić information content (AvgIpc) is 3.28. The minimum atomic E-state index is -1.82. The van der Waals surface area contributed by atoms with Gasteiger partial charge in [-0.05, 0) is 0 Å². The van der Waals surface area contributed by atoms with E-state index in [2.05, 4.69) is 0 Å². The minimum absolute atomic E-state index is 0. The number of rotatable bonds is 0. The topological polar surface area (TPSA) is 611 Å². The Bertz CT molecular complexity index is 1210. The molecule has 0 spiro atoms. The molecule has 0 saturated heterocycles. The van der Waals surface area contributed by atoms with Gasteiger partial charge in [-0.1, -0.05) is 128 Å². The van der Waals surface area contributed by atoms with Crippen LogP contribution in [0.25, 0.3) is 57.3 Å². The minimum Gasteiger partial charge on any atom is -0.676 e. The van der Waals surface area contributed by atoms with E-state index in [0.29, 0.717) is 0 Å². The molecule has 0 heterocycles. The molecule has 5 rings (SSSR count). The predicted octanol–water partition coefficient (Wildman–Crippen LogP) is 7.78. The molecular formula is C40H70N10O20Pt5. The van der Waals surface area contributed by atoms with Crippen LogP contribution in [0.4, 0.5) is 0 Å². The fourth-order valence-corrected chi connectivity index (χ4v) is 5.65. The van der Waals surface area contributed by atoms with Crippen molar-refractivity contribution in [1.29, 1.82) is 0 Å². The quantitative estimate of drug-likeness (QED) is 0.103. The Morgan fingerprint density at radius 3 is 0.267 bits per heavy atom. The predicted molar refractivity (Wildman–Crippen MR) is 250 cm³/mol. The summed E-state index contributed by atoms with van der Waals surface area (Å²) in [6.45, 7) is 0. The van der Waals surface area contributed by atoms with E-state index in [1.54, 1.807) is 0 Å². The van der Waals surface area contributed by atoms with Gasteiger partial charge in [0.25, 0.3) is 0 Å². The molecule has 0 bridgehead atoms. The molecule has 5 aliphatic carbocycles. The third-order valence-corrected chi connectivity index (χ3v) is 9.74. The van der Waals surface area contributed by atoms with E-state index < -0.39 is 59.7 Å². The van der Waals surface area contributed by atoms with Gasteiger partial charge in [-0.2, -0.15) is 60.4 Å². The first-order valence-corrected chi connectivity index (χ1v) is 21.7. The molecule has 10 atom stereocenters. The molecule has 35 heteroatoms. The van der Waals surface area contributed by atoms with E-state index in [9.17, 15) is 0 Å². The number of carbonyl (C=O) groups is 10. The van der Waals surface area contributed by atoms with Crippen molar-refractivity contribution in [1.82, 2.24) is 0 Å². The maximum absolute atomic E-state index is 9.10. The maximum atomic E-state index is 9.10. The van der Waals surface area contributed by atoms with E-state index in [1.807, 2.05) is 0 Å². The first-order chi connectivity index (χ1) is 32.2. The van der Waals surface area contributed by atoms with Crippen molar-refractivity contribution < 1.29 is 204 Å². The second-order valence-corrected chi connectivity index (χ2v) is 15.5. The third-order valence-electron chi connectivity index (χ3n) is 9.74. The van der Waals surface area contributed by atoms with E-state index in [0.717, 1.165) is 64.2 Å². The number of hydrogen-bond donors (Lipinski definition) is 10. The summed E-state index contributed by atoms with van der Waals surface area (Å²) in [5.41, 5.74) is 72.9. The van der Waals surface area contributed by atoms with Gasteiger partial charge in [0.15, 0.2) is 0 Å². The molecule has 75 heavy (non-hydrogen) atoms. The van der Waals surface area contributed by atoms with Crippen LogP contribution in [0.3, 0.4) is 0 Å². The van der Waals surface area contributed by atoms with Gasteiger partial charge >= 0.3 is 165 Å². The summed E-state index contributed by atoms with van der Waals surface area (Å²) < 4.78 is 0. The van der Waals surface area contributed by atoms with Crippen molar-refractivity contribution in [2.24, 2.45) is 0 Å². The van der Waals surface area contributed by atoms with Gasteiger partial charge in [-0.25, -0.2) is 47.9 Å². The Morgan fingerprint density at radius 1 is 0.187 bits per heavy atom. The van der Waals surface area contributed by atoms with Gasteiger partial charge < -0.3 is 108 Å². The van der Waals surface area contributed by atoms with Crippen LogP contribution < -0.4 is 0 Å². The first kappa shape index (κ1) is 95.1. The van der Waals surface area contributed by atoms with Gasteiger partial charge in [0, 0.05) is 0 Å². The molecule has 0 aromatic rings. The molecule has 0 aromatic carbocycles. The fraction of sp³-hybridized carbons (Fsp3) is 0.750. The zero-order chi connectivity index (χ0) is 55.7. The average molecular weight is 1990 g/mol. The Labute approximate surface area is 506 Å². The Hall–Kier alpha value is -2.26. The molecule has 0 radical (unpaired) electrons. The number of carboxylic acids is 10. The van der Waals surface area contributed by atoms with Gasteiger partial charge in [0.05, 0.1) is 0 Å². The van der Waals surface area contributed by atoms with Crippen molar-refractivity contribution in [3.05, 3.63) is 57.3 Å². The molecular weight excluding hydrogens is 1920 g/mol. The number of aliphatic carboxylic acids is 10. The summed E-state index contributed by atoms with van der Waals surface area (Å²) in [7, 11) is 0. The second-order valence-electron chi connectivity index (χ2n) is 15.5. The molecule has 0 aliphatic heterocycles. The van der Waals surface area contributed by atoms with Crippen LogP contribution >= 0.6 is 0 Å². The zero-order valence-electron chi connectivity index (χ0n) is 40.1. The van der Waals surface area contributed by atoms with Gasteiger partial charge in [-0.15, -0.1) is 0 Å². The number of carboxylic acid groups (broad SMARTS) is 10. The normalized spacial score (nSPS) is 24.1. The molecule has 0 amide bonds. The van der Waals surface area contributed by atoms with Crippen molar-refractivity contribution in [2.75, 3.05) is 0 Å². The molecule has 10 unspecified atom stereocenters. The summed E-state index contributed by atoms with van der Waals surface area (Å²) in [6.07, 6.45) is 21.2. The Morgan fingerprint density at radius 2 is 0.240 bits per heavy atom. The molecule has 30 nitrogen and oxygen atoms in total. The summed E-state index contributed by atoms with van der Waals surface area (Å²) in [4.78, 5) is 91.0. The van der Waals surface area contributed by atoms with Crippen molar-refractivity contribution >= 4 is 59.7 Å². The smallest absolute Gasteiger partial charge is 0.676 e. The van der Waals surface area contributed by atoms with Crippen molar-refractivity contribution in [2.45, 2.75) is 189 Å². The molecule has 20 N–H and O–H groups in total. The molecule has 5 aliphatic rings. The van der Waals surface area contributed by atoms with Gasteiger partial charge in [-0.3, -0.25) is 0 Å². The molecule has 0 aromatic heterocycles. The van der Waals surface area contributed by atoms with Crippen molar-refractivity contribution in [3.8, 4) is 0 Å². The van der Waals surface area contributed by atoms with E-state index in [-0.39, 0.29) is 166 Å². The summed E-state index contributed by atoms with van der Waals surface area (Å²) in [5.74, 6) is -18.2. The van der Waals surface area contributed by atoms with Crippen LogP contribution in [-0.4, -0.2) is 171 Å². The molecule has 5 fully saturated rings. The first-order valence-electron chi connectivity index (χ1n) is 21.7. The Kier molecular flexibility index (Phi) is 75.3. The number of hydrogen-bond acceptors (Lipinski definition) is 10. The summed E-state index contributed by atoms with van der Waals surface area (Å²) >= 11 is 0. The monoisotopic (exact) mass is 1990 g/mol. The third kappa shape index (κ3) is 65.9. The van der Waals surface area contributed by atoms with E-state index >= 15 is 0 Å². The van der Waals surface area contributed by atoms with Crippen LogP contribution in [0.1, 0.15) is 128 Å². The second kappa shape index (κ2) is 59.4. The summed E-state index contributed by atoms with van der Waals surface area (Å²) in [6, 6.07) is -0.799. The SMILES string of the molecule is O=C(O)C(=O)O.O=C(O)C(=O)O.O=C(O)C(=O)O.O=C(O)C(=O)O.O=C(O)C(=O)O.[NH-]C1CCCCC1[NH-].[NH-]C1CCCCC1[NH-].[NH-]C1CCCCC1[NH-].[NH-]C1CCCCC1[NH-].[NH-]C1CCCCC1[NH-].[Pt+2].[Pt+2].[Pt+2].[Pt+2].[Pt+2]. The van der Waals surface area contributed by atoms with Crippen LogP contribution in [0.2, 0.25) is 0 Å². The standard InChI is InChI=1S/5C6H12N2.5C2H2O4.5Pt/c5*7-5-3-1-2-4-6(5)8;5*3-1(4)2(5)6;;;;;/h5*5-8H,1-4H2;5*(H,3,4)(H,5,6);;;;;/q5*-2;;;;;;5*+2. The zero-order valence-corrected chi connectivity index (χ0v) is 51.4. The maximum Gasteiger partial charge on any atom is 2.00 e. The summed E-state index contributed by atoms with van der Waals surface area (Å²) in [5, 5.41) is 73.9. The van der Waals surface area contributed by atoms with Gasteiger partial charge in [0.1, 0.15) is 0 Å². The van der Waals surface area contributed by atoms with Crippen LogP contribution in [0.15, 0.2) is 0 Å². The number of nitrogens with one attached hydrogen (secondary N) is 10. The Balaban J connectivity index is -0.0000000779. The molecule has 5 saturated carbocycles. The van der Waals surface area contributed by atoms with Gasteiger partial charge in [0.2, 0.25) is 0 Å². The van der Waals surface area contributed by atoms with Crippen LogP contribution in [0.5, 0.6) is 0 Å².